The number of hydrogen-bond donors (Lipinski definition) is 2. The highest BCUT2D eigenvalue weighted by molar-refractivity contribution is 5.91. The molecule has 2 N–H and O–H groups in total. The van der Waals surface area contributed by atoms with E-state index in [1.165, 1.54) is 5.56 Å². The van der Waals surface area contributed by atoms with Crippen LogP contribution in [0.1, 0.15) is 54.4 Å². The molecule has 0 aromatic heterocycles. The summed E-state index contributed by atoms with van der Waals surface area (Å²) < 4.78 is 5.93. The first-order chi connectivity index (χ1) is 18.0. The van der Waals surface area contributed by atoms with Crippen molar-refractivity contribution in [1.82, 2.24) is 5.32 Å². The lowest BCUT2D eigenvalue weighted by molar-refractivity contribution is -0.158. The molecule has 3 aromatic carbocycles. The van der Waals surface area contributed by atoms with Crippen molar-refractivity contribution in [2.45, 2.75) is 50.0 Å². The van der Waals surface area contributed by atoms with Crippen LogP contribution in [0.4, 0.5) is 0 Å². The Labute approximate surface area is 217 Å². The van der Waals surface area contributed by atoms with Crippen molar-refractivity contribution in [2.24, 2.45) is 11.3 Å². The summed E-state index contributed by atoms with van der Waals surface area (Å²) in [5, 5.41) is 14.3. The van der Waals surface area contributed by atoms with Crippen LogP contribution in [0.5, 0.6) is 5.75 Å². The molecule has 2 fully saturated rings. The van der Waals surface area contributed by atoms with Crippen molar-refractivity contribution in [1.29, 1.82) is 0 Å². The number of aliphatic carboxylic acids is 1. The smallest absolute Gasteiger partial charge is 0.311 e. The van der Waals surface area contributed by atoms with Gasteiger partial charge in [-0.15, -0.1) is 0 Å². The summed E-state index contributed by atoms with van der Waals surface area (Å²) in [6.07, 6.45) is 2.72. The minimum absolute atomic E-state index is 0.0287. The number of carboxylic acid groups (broad SMARTS) is 1. The molecule has 1 saturated heterocycles. The molecule has 3 aromatic rings. The number of ketones is 1. The summed E-state index contributed by atoms with van der Waals surface area (Å²) in [7, 11) is 0. The molecule has 2 bridgehead atoms. The molecule has 1 saturated carbocycles. The van der Waals surface area contributed by atoms with Crippen molar-refractivity contribution in [3.05, 3.63) is 101 Å². The second-order valence-electron chi connectivity index (χ2n) is 10.8. The number of carbonyl (C=O) groups excluding carboxylic acids is 1. The van der Waals surface area contributed by atoms with Gasteiger partial charge in [-0.2, -0.15) is 0 Å². The van der Waals surface area contributed by atoms with Gasteiger partial charge in [-0.25, -0.2) is 0 Å². The lowest BCUT2D eigenvalue weighted by atomic mass is 9.41. The van der Waals surface area contributed by atoms with Gasteiger partial charge < -0.3 is 15.2 Å². The van der Waals surface area contributed by atoms with Gasteiger partial charge >= 0.3 is 5.97 Å². The minimum Gasteiger partial charge on any atom is -0.493 e. The van der Waals surface area contributed by atoms with Gasteiger partial charge in [0.2, 0.25) is 0 Å². The van der Waals surface area contributed by atoms with Crippen molar-refractivity contribution in [3.8, 4) is 5.75 Å². The third-order valence-electron chi connectivity index (χ3n) is 9.13. The monoisotopic (exact) mass is 495 g/mol. The van der Waals surface area contributed by atoms with Gasteiger partial charge in [0.05, 0.1) is 18.1 Å². The number of carboxylic acids is 1. The van der Waals surface area contributed by atoms with E-state index >= 15 is 0 Å². The Hall–Kier alpha value is -3.44. The van der Waals surface area contributed by atoms with Gasteiger partial charge in [-0.05, 0) is 42.0 Å². The van der Waals surface area contributed by atoms with Crippen molar-refractivity contribution in [3.63, 3.8) is 0 Å². The Morgan fingerprint density at radius 2 is 1.73 bits per heavy atom. The number of nitrogens with one attached hydrogen (secondary N) is 1. The van der Waals surface area contributed by atoms with Gasteiger partial charge in [0.1, 0.15) is 5.75 Å². The minimum atomic E-state index is -1.04. The summed E-state index contributed by atoms with van der Waals surface area (Å²) >= 11 is 0. The zero-order valence-corrected chi connectivity index (χ0v) is 21.2. The number of fused-ring (bicyclic) bond motifs is 1. The van der Waals surface area contributed by atoms with Crippen molar-refractivity contribution in [2.75, 3.05) is 13.2 Å². The first-order valence-corrected chi connectivity index (χ1v) is 13.4. The first kappa shape index (κ1) is 23.9. The predicted octanol–water partition coefficient (Wildman–Crippen LogP) is 5.12. The highest BCUT2D eigenvalue weighted by atomic mass is 16.5. The van der Waals surface area contributed by atoms with Crippen LogP contribution in [-0.4, -0.2) is 36.1 Å². The van der Waals surface area contributed by atoms with E-state index in [0.29, 0.717) is 13.2 Å². The number of benzene rings is 3. The largest absolute Gasteiger partial charge is 0.493 e. The number of para-hydroxylation sites is 1. The fourth-order valence-electron chi connectivity index (χ4n) is 7.77. The van der Waals surface area contributed by atoms with E-state index in [4.69, 9.17) is 4.74 Å². The first-order valence-electron chi connectivity index (χ1n) is 13.4. The lowest BCUT2D eigenvalue weighted by Crippen LogP contribution is -2.62. The highest BCUT2D eigenvalue weighted by Crippen LogP contribution is 2.69. The van der Waals surface area contributed by atoms with Gasteiger partial charge in [0.15, 0.2) is 5.78 Å². The Morgan fingerprint density at radius 1 is 1.00 bits per heavy atom. The predicted molar refractivity (Wildman–Crippen MR) is 142 cm³/mol. The van der Waals surface area contributed by atoms with Crippen molar-refractivity contribution < 1.29 is 19.4 Å². The molecule has 0 spiro atoms. The third-order valence-corrected chi connectivity index (χ3v) is 9.13. The SMILES string of the molecule is CCCOc1ccccc1CC(=O)C1NCC2(C(=O)O)C3CCC(c4ccccc4)(c4ccccc43)C12. The molecule has 4 aliphatic rings. The molecule has 190 valence electrons. The number of Topliss-reactive ketones (excluding diaryl/α,β-unsaturated/α-hetero) is 1. The van der Waals surface area contributed by atoms with E-state index < -0.39 is 22.8 Å². The van der Waals surface area contributed by atoms with Gasteiger partial charge in [-0.3, -0.25) is 9.59 Å². The Kier molecular flexibility index (Phi) is 5.91. The molecule has 1 aliphatic heterocycles. The van der Waals surface area contributed by atoms with E-state index in [1.54, 1.807) is 0 Å². The second kappa shape index (κ2) is 9.14. The number of hydrogen-bond acceptors (Lipinski definition) is 4. The molecule has 3 aliphatic carbocycles. The standard InChI is InChI=1S/C32H33NO4/c1-2-18-37-27-15-9-6-10-21(27)19-26(34)28-29-31(22-11-4-3-5-12-22)17-16-25(23-13-7-8-14-24(23)31)32(29,20-33-28)30(35)36/h3-15,25,28-29,33H,2,16-20H2,1H3,(H,35,36). The fourth-order valence-corrected chi connectivity index (χ4v) is 7.77. The van der Waals surface area contributed by atoms with Crippen molar-refractivity contribution >= 4 is 11.8 Å². The van der Waals surface area contributed by atoms with Gasteiger partial charge in [0, 0.05) is 35.8 Å². The van der Waals surface area contributed by atoms with Crippen LogP contribution < -0.4 is 10.1 Å². The average molecular weight is 496 g/mol. The molecular weight excluding hydrogens is 462 g/mol. The van der Waals surface area contributed by atoms with Crippen LogP contribution >= 0.6 is 0 Å². The van der Waals surface area contributed by atoms with Crippen LogP contribution in [0.2, 0.25) is 0 Å². The van der Waals surface area contributed by atoms with E-state index in [-0.39, 0.29) is 24.0 Å². The van der Waals surface area contributed by atoms with Crippen LogP contribution in [0, 0.1) is 11.3 Å². The summed E-state index contributed by atoms with van der Waals surface area (Å²) in [6.45, 7) is 2.94. The average Bonchev–Trinajstić information content (AvgIpc) is 3.37. The van der Waals surface area contributed by atoms with E-state index in [0.717, 1.165) is 41.7 Å². The van der Waals surface area contributed by atoms with E-state index in [2.05, 4.69) is 36.5 Å². The second-order valence-corrected chi connectivity index (χ2v) is 10.8. The number of rotatable bonds is 8. The van der Waals surface area contributed by atoms with Crippen LogP contribution in [-0.2, 0) is 21.4 Å². The van der Waals surface area contributed by atoms with Crippen LogP contribution in [0.15, 0.2) is 78.9 Å². The van der Waals surface area contributed by atoms with Crippen LogP contribution in [0.3, 0.4) is 0 Å². The maximum absolute atomic E-state index is 14.1. The van der Waals surface area contributed by atoms with E-state index in [9.17, 15) is 14.7 Å². The molecular formula is C32H33NO4. The Morgan fingerprint density at radius 3 is 2.51 bits per heavy atom. The normalized spacial score (nSPS) is 29.4. The molecule has 37 heavy (non-hydrogen) atoms. The quantitative estimate of drug-likeness (QED) is 0.454. The van der Waals surface area contributed by atoms with Crippen LogP contribution in [0.25, 0.3) is 0 Å². The van der Waals surface area contributed by atoms with E-state index in [1.807, 2.05) is 54.6 Å². The summed E-state index contributed by atoms with van der Waals surface area (Å²) in [4.78, 5) is 27.4. The molecule has 5 atom stereocenters. The number of carbonyl (C=O) groups is 2. The maximum Gasteiger partial charge on any atom is 0.311 e. The molecule has 1 heterocycles. The number of ether oxygens (including phenoxy) is 1. The molecule has 7 rings (SSSR count). The van der Waals surface area contributed by atoms with Gasteiger partial charge in [-0.1, -0.05) is 79.7 Å². The zero-order chi connectivity index (χ0) is 25.6. The molecule has 5 unspecified atom stereocenters. The lowest BCUT2D eigenvalue weighted by Gasteiger charge is -2.60. The summed E-state index contributed by atoms with van der Waals surface area (Å²) in [5.74, 6) is -0.548. The zero-order valence-electron chi connectivity index (χ0n) is 21.2. The fraction of sp³-hybridized carbons (Fsp3) is 0.375. The Bertz CT molecular complexity index is 1340. The highest BCUT2D eigenvalue weighted by Gasteiger charge is 2.72. The third kappa shape index (κ3) is 3.40. The Balaban J connectivity index is 1.48. The van der Waals surface area contributed by atoms with Gasteiger partial charge in [0.25, 0.3) is 0 Å². The summed E-state index contributed by atoms with van der Waals surface area (Å²) in [5.41, 5.74) is 2.68. The molecule has 5 heteroatoms. The summed E-state index contributed by atoms with van der Waals surface area (Å²) in [6, 6.07) is 25.7. The topological polar surface area (TPSA) is 75.6 Å². The maximum atomic E-state index is 14.1. The molecule has 5 nitrogen and oxygen atoms in total. The molecule has 0 radical (unpaired) electrons. The molecule has 0 amide bonds.